The summed E-state index contributed by atoms with van der Waals surface area (Å²) >= 11 is 0. The number of benzene rings is 1. The van der Waals surface area contributed by atoms with Crippen LogP contribution in [0.5, 0.6) is 5.75 Å². The van der Waals surface area contributed by atoms with Crippen LogP contribution >= 0.6 is 24.8 Å². The summed E-state index contributed by atoms with van der Waals surface area (Å²) in [5.41, 5.74) is 6.13. The lowest BCUT2D eigenvalue weighted by molar-refractivity contribution is 0.143. The van der Waals surface area contributed by atoms with E-state index in [1.54, 1.807) is 0 Å². The normalized spacial score (nSPS) is 17.4. The number of hydrogen-bond acceptors (Lipinski definition) is 3. The molecule has 1 unspecified atom stereocenters. The number of nitrogens with two attached hydrogens (primary N) is 1. The summed E-state index contributed by atoms with van der Waals surface area (Å²) in [4.78, 5) is 2.49. The summed E-state index contributed by atoms with van der Waals surface area (Å²) in [6.45, 7) is 6.30. The second kappa shape index (κ2) is 11.1. The van der Waals surface area contributed by atoms with Crippen LogP contribution < -0.4 is 10.5 Å². The van der Waals surface area contributed by atoms with Gasteiger partial charge >= 0.3 is 0 Å². The largest absolute Gasteiger partial charge is 0.492 e. The zero-order valence-corrected chi connectivity index (χ0v) is 14.4. The molecule has 2 N–H and O–H groups in total. The van der Waals surface area contributed by atoms with Crippen LogP contribution in [0.25, 0.3) is 0 Å². The molecule has 2 rings (SSSR count). The number of rotatable bonds is 6. The molecule has 1 aromatic carbocycles. The van der Waals surface area contributed by atoms with E-state index in [-0.39, 0.29) is 24.8 Å². The van der Waals surface area contributed by atoms with Crippen LogP contribution in [0.3, 0.4) is 0 Å². The molecule has 122 valence electrons. The third-order valence-corrected chi connectivity index (χ3v) is 4.13. The summed E-state index contributed by atoms with van der Waals surface area (Å²) < 4.78 is 5.74. The molecule has 1 aliphatic rings. The average molecular weight is 335 g/mol. The van der Waals surface area contributed by atoms with Gasteiger partial charge in [-0.3, -0.25) is 4.90 Å². The molecule has 0 bridgehead atoms. The van der Waals surface area contributed by atoms with Gasteiger partial charge in [0.1, 0.15) is 12.4 Å². The second-order valence-corrected chi connectivity index (χ2v) is 5.41. The number of hydrogen-bond donors (Lipinski definition) is 1. The van der Waals surface area contributed by atoms with Crippen LogP contribution in [-0.4, -0.2) is 37.2 Å². The quantitative estimate of drug-likeness (QED) is 0.866. The van der Waals surface area contributed by atoms with Crippen molar-refractivity contribution >= 4 is 24.8 Å². The number of likely N-dealkylation sites (tertiary alicyclic amines) is 1. The van der Waals surface area contributed by atoms with Crippen molar-refractivity contribution in [3.8, 4) is 5.75 Å². The maximum absolute atomic E-state index is 6.13. The third kappa shape index (κ3) is 6.88. The molecule has 3 nitrogen and oxygen atoms in total. The molecule has 1 fully saturated rings. The molecule has 0 spiro atoms. The zero-order valence-electron chi connectivity index (χ0n) is 12.7. The predicted molar refractivity (Wildman–Crippen MR) is 93.9 cm³/mol. The van der Waals surface area contributed by atoms with Crippen molar-refractivity contribution in [3.05, 3.63) is 30.3 Å². The molecule has 0 radical (unpaired) electrons. The number of ether oxygens (including phenoxy) is 1. The standard InChI is InChI=1S/C16H26N2O.2ClH/c1-2-16(17)14-8-10-18(11-9-14)12-13-19-15-6-4-3-5-7-15;;/h3-7,14,16H,2,8-13,17H2,1H3;2*1H. The number of halogens is 2. The number of piperidine rings is 1. The fraction of sp³-hybridized carbons (Fsp3) is 0.625. The lowest BCUT2D eigenvalue weighted by atomic mass is 9.88. The summed E-state index contributed by atoms with van der Waals surface area (Å²) in [5.74, 6) is 1.68. The third-order valence-electron chi connectivity index (χ3n) is 4.13. The predicted octanol–water partition coefficient (Wildman–Crippen LogP) is 3.36. The second-order valence-electron chi connectivity index (χ2n) is 5.41. The molecule has 1 saturated heterocycles. The lowest BCUT2D eigenvalue weighted by Crippen LogP contribution is -2.42. The maximum atomic E-state index is 6.13. The van der Waals surface area contributed by atoms with Gasteiger partial charge in [-0.1, -0.05) is 25.1 Å². The lowest BCUT2D eigenvalue weighted by Gasteiger charge is -2.34. The molecule has 0 aliphatic carbocycles. The van der Waals surface area contributed by atoms with Crippen molar-refractivity contribution in [2.75, 3.05) is 26.2 Å². The van der Waals surface area contributed by atoms with E-state index in [0.717, 1.165) is 44.3 Å². The summed E-state index contributed by atoms with van der Waals surface area (Å²) in [7, 11) is 0. The maximum Gasteiger partial charge on any atom is 0.119 e. The number of para-hydroxylation sites is 1. The molecule has 5 heteroatoms. The van der Waals surface area contributed by atoms with E-state index in [1.807, 2.05) is 30.3 Å². The van der Waals surface area contributed by atoms with Crippen LogP contribution in [0.1, 0.15) is 26.2 Å². The van der Waals surface area contributed by atoms with Gasteiger partial charge in [-0.05, 0) is 50.4 Å². The Morgan fingerprint density at radius 3 is 2.38 bits per heavy atom. The van der Waals surface area contributed by atoms with Crippen LogP contribution in [0.15, 0.2) is 30.3 Å². The Morgan fingerprint density at radius 2 is 1.81 bits per heavy atom. The Labute approximate surface area is 141 Å². The van der Waals surface area contributed by atoms with Crippen molar-refractivity contribution in [1.82, 2.24) is 4.90 Å². The van der Waals surface area contributed by atoms with Crippen LogP contribution in [-0.2, 0) is 0 Å². The Balaban J connectivity index is 0.00000200. The van der Waals surface area contributed by atoms with Crippen molar-refractivity contribution in [3.63, 3.8) is 0 Å². The molecular formula is C16H28Cl2N2O. The molecule has 1 aromatic rings. The smallest absolute Gasteiger partial charge is 0.119 e. The first kappa shape index (κ1) is 20.5. The molecule has 0 amide bonds. The molecule has 1 aliphatic heterocycles. The van der Waals surface area contributed by atoms with Gasteiger partial charge in [-0.2, -0.15) is 0 Å². The van der Waals surface area contributed by atoms with E-state index >= 15 is 0 Å². The molecule has 1 heterocycles. The van der Waals surface area contributed by atoms with Crippen LogP contribution in [0.4, 0.5) is 0 Å². The fourth-order valence-electron chi connectivity index (χ4n) is 2.75. The van der Waals surface area contributed by atoms with Crippen molar-refractivity contribution < 1.29 is 4.74 Å². The van der Waals surface area contributed by atoms with Gasteiger partial charge in [0.05, 0.1) is 0 Å². The van der Waals surface area contributed by atoms with E-state index in [0.29, 0.717) is 6.04 Å². The van der Waals surface area contributed by atoms with E-state index in [4.69, 9.17) is 10.5 Å². The summed E-state index contributed by atoms with van der Waals surface area (Å²) in [6, 6.07) is 10.4. The summed E-state index contributed by atoms with van der Waals surface area (Å²) in [5, 5.41) is 0. The molecule has 21 heavy (non-hydrogen) atoms. The summed E-state index contributed by atoms with van der Waals surface area (Å²) in [6.07, 6.45) is 3.57. The van der Waals surface area contributed by atoms with Crippen molar-refractivity contribution in [2.45, 2.75) is 32.2 Å². The monoisotopic (exact) mass is 334 g/mol. The average Bonchev–Trinajstić information content (AvgIpc) is 2.48. The van der Waals surface area contributed by atoms with Crippen LogP contribution in [0, 0.1) is 5.92 Å². The first-order valence-corrected chi connectivity index (χ1v) is 7.45. The highest BCUT2D eigenvalue weighted by molar-refractivity contribution is 5.85. The highest BCUT2D eigenvalue weighted by atomic mass is 35.5. The number of nitrogens with zero attached hydrogens (tertiary/aromatic N) is 1. The molecular weight excluding hydrogens is 307 g/mol. The minimum Gasteiger partial charge on any atom is -0.492 e. The molecule has 1 atom stereocenters. The fourth-order valence-corrected chi connectivity index (χ4v) is 2.75. The minimum atomic E-state index is 0. The topological polar surface area (TPSA) is 38.5 Å². The van der Waals surface area contributed by atoms with Gasteiger partial charge in [-0.25, -0.2) is 0 Å². The molecule has 0 aromatic heterocycles. The van der Waals surface area contributed by atoms with Gasteiger partial charge in [-0.15, -0.1) is 24.8 Å². The Morgan fingerprint density at radius 1 is 1.19 bits per heavy atom. The van der Waals surface area contributed by atoms with E-state index in [1.165, 1.54) is 12.8 Å². The van der Waals surface area contributed by atoms with Gasteiger partial charge < -0.3 is 10.5 Å². The van der Waals surface area contributed by atoms with E-state index in [2.05, 4.69) is 11.8 Å². The van der Waals surface area contributed by atoms with Gasteiger partial charge in [0.25, 0.3) is 0 Å². The van der Waals surface area contributed by atoms with Crippen molar-refractivity contribution in [1.29, 1.82) is 0 Å². The molecule has 0 saturated carbocycles. The Kier molecular flexibility index (Phi) is 10.9. The van der Waals surface area contributed by atoms with Crippen LogP contribution in [0.2, 0.25) is 0 Å². The van der Waals surface area contributed by atoms with Gasteiger partial charge in [0.2, 0.25) is 0 Å². The highest BCUT2D eigenvalue weighted by Gasteiger charge is 2.22. The highest BCUT2D eigenvalue weighted by Crippen LogP contribution is 2.21. The first-order valence-electron chi connectivity index (χ1n) is 7.45. The Bertz CT molecular complexity index is 357. The van der Waals surface area contributed by atoms with Crippen molar-refractivity contribution in [2.24, 2.45) is 11.7 Å². The minimum absolute atomic E-state index is 0. The van der Waals surface area contributed by atoms with E-state index in [9.17, 15) is 0 Å². The Hall–Kier alpha value is -0.480. The van der Waals surface area contributed by atoms with Gasteiger partial charge in [0, 0.05) is 12.6 Å². The zero-order chi connectivity index (χ0) is 13.5. The first-order chi connectivity index (χ1) is 9.29. The van der Waals surface area contributed by atoms with E-state index < -0.39 is 0 Å². The SMILES string of the molecule is CCC(N)C1CCN(CCOc2ccccc2)CC1.Cl.Cl. The van der Waals surface area contributed by atoms with Gasteiger partial charge in [0.15, 0.2) is 0 Å².